The number of likely N-dealkylation sites (tertiary alicyclic amines) is 1. The molecule has 0 spiro atoms. The molecule has 2 aromatic rings. The number of nitrogens with one attached hydrogen (secondary N) is 1. The molecule has 0 radical (unpaired) electrons. The second-order valence-electron chi connectivity index (χ2n) is 7.50. The van der Waals surface area contributed by atoms with Crippen molar-refractivity contribution in [3.63, 3.8) is 0 Å². The summed E-state index contributed by atoms with van der Waals surface area (Å²) in [6.45, 7) is 3.52. The SMILES string of the molecule is CNC(=O)C1CN(Cc2cc(C)c(OCc3ccc(Cl)c(OC(F)F)c3)c(C)c2)C1. The van der Waals surface area contributed by atoms with Crippen LogP contribution in [0.3, 0.4) is 0 Å². The number of carbonyl (C=O) groups excluding carboxylic acids is 1. The Kier molecular flexibility index (Phi) is 7.15. The van der Waals surface area contributed by atoms with Crippen molar-refractivity contribution in [1.29, 1.82) is 0 Å². The zero-order chi connectivity index (χ0) is 21.8. The number of alkyl halides is 2. The summed E-state index contributed by atoms with van der Waals surface area (Å²) in [5.74, 6) is 0.850. The van der Waals surface area contributed by atoms with Crippen molar-refractivity contribution in [2.24, 2.45) is 5.92 Å². The first-order chi connectivity index (χ1) is 14.3. The number of ether oxygens (including phenoxy) is 2. The number of halogens is 3. The number of aryl methyl sites for hydroxylation is 2. The molecule has 1 heterocycles. The van der Waals surface area contributed by atoms with Crippen molar-refractivity contribution in [2.45, 2.75) is 33.6 Å². The van der Waals surface area contributed by atoms with Crippen LogP contribution in [0.5, 0.6) is 11.5 Å². The number of benzene rings is 2. The maximum absolute atomic E-state index is 12.5. The molecule has 0 unspecified atom stereocenters. The molecule has 1 fully saturated rings. The van der Waals surface area contributed by atoms with E-state index in [9.17, 15) is 13.6 Å². The van der Waals surface area contributed by atoms with Gasteiger partial charge in [-0.25, -0.2) is 0 Å². The highest BCUT2D eigenvalue weighted by molar-refractivity contribution is 6.32. The second-order valence-corrected chi connectivity index (χ2v) is 7.90. The summed E-state index contributed by atoms with van der Waals surface area (Å²) in [4.78, 5) is 13.8. The van der Waals surface area contributed by atoms with Gasteiger partial charge < -0.3 is 14.8 Å². The van der Waals surface area contributed by atoms with Crippen molar-refractivity contribution >= 4 is 17.5 Å². The van der Waals surface area contributed by atoms with E-state index < -0.39 is 6.61 Å². The number of carbonyl (C=O) groups is 1. The number of rotatable bonds is 8. The van der Waals surface area contributed by atoms with E-state index in [4.69, 9.17) is 16.3 Å². The third-order valence-electron chi connectivity index (χ3n) is 5.10. The van der Waals surface area contributed by atoms with Gasteiger partial charge in [-0.1, -0.05) is 29.8 Å². The molecule has 1 aliphatic heterocycles. The lowest BCUT2D eigenvalue weighted by atomic mass is 9.97. The fourth-order valence-corrected chi connectivity index (χ4v) is 3.83. The highest BCUT2D eigenvalue weighted by Gasteiger charge is 2.31. The van der Waals surface area contributed by atoms with Crippen molar-refractivity contribution in [1.82, 2.24) is 10.2 Å². The average Bonchev–Trinajstić information content (AvgIpc) is 2.65. The van der Waals surface area contributed by atoms with E-state index in [-0.39, 0.29) is 29.2 Å². The number of nitrogens with zero attached hydrogens (tertiary/aromatic N) is 1. The monoisotopic (exact) mass is 438 g/mol. The van der Waals surface area contributed by atoms with Gasteiger partial charge in [0, 0.05) is 26.7 Å². The van der Waals surface area contributed by atoms with Crippen LogP contribution in [0, 0.1) is 19.8 Å². The molecule has 30 heavy (non-hydrogen) atoms. The Morgan fingerprint density at radius 2 is 1.87 bits per heavy atom. The second kappa shape index (κ2) is 9.62. The van der Waals surface area contributed by atoms with E-state index >= 15 is 0 Å². The fraction of sp³-hybridized carbons (Fsp3) is 0.409. The van der Waals surface area contributed by atoms with Crippen LogP contribution < -0.4 is 14.8 Å². The van der Waals surface area contributed by atoms with Crippen molar-refractivity contribution in [3.8, 4) is 11.5 Å². The third kappa shape index (κ3) is 5.40. The lowest BCUT2D eigenvalue weighted by Crippen LogP contribution is -2.52. The maximum Gasteiger partial charge on any atom is 0.387 e. The van der Waals surface area contributed by atoms with E-state index in [2.05, 4.69) is 27.1 Å². The van der Waals surface area contributed by atoms with Gasteiger partial charge in [-0.05, 0) is 48.2 Å². The Hall–Kier alpha value is -2.38. The lowest BCUT2D eigenvalue weighted by molar-refractivity contribution is -0.129. The van der Waals surface area contributed by atoms with Crippen LogP contribution in [0.1, 0.15) is 22.3 Å². The van der Waals surface area contributed by atoms with Gasteiger partial charge in [0.15, 0.2) is 0 Å². The quantitative estimate of drug-likeness (QED) is 0.667. The van der Waals surface area contributed by atoms with Gasteiger partial charge in [-0.3, -0.25) is 9.69 Å². The van der Waals surface area contributed by atoms with Gasteiger partial charge >= 0.3 is 6.61 Å². The topological polar surface area (TPSA) is 50.8 Å². The van der Waals surface area contributed by atoms with Crippen molar-refractivity contribution in [3.05, 3.63) is 57.6 Å². The maximum atomic E-state index is 12.5. The van der Waals surface area contributed by atoms with Crippen molar-refractivity contribution < 1.29 is 23.0 Å². The molecule has 0 bridgehead atoms. The van der Waals surface area contributed by atoms with Crippen LogP contribution in [0.2, 0.25) is 5.02 Å². The molecule has 2 aromatic carbocycles. The van der Waals surface area contributed by atoms with E-state index in [0.717, 1.165) is 42.1 Å². The highest BCUT2D eigenvalue weighted by atomic mass is 35.5. The minimum absolute atomic E-state index is 0.0677. The molecule has 1 aliphatic rings. The first-order valence-electron chi connectivity index (χ1n) is 9.67. The zero-order valence-corrected chi connectivity index (χ0v) is 17.9. The molecule has 5 nitrogen and oxygen atoms in total. The normalized spacial score (nSPS) is 14.5. The Morgan fingerprint density at radius 1 is 1.20 bits per heavy atom. The Balaban J connectivity index is 1.62. The van der Waals surface area contributed by atoms with Crippen LogP contribution >= 0.6 is 11.6 Å². The Labute approximate surface area is 179 Å². The van der Waals surface area contributed by atoms with Crippen LogP contribution in [-0.2, 0) is 17.9 Å². The predicted molar refractivity (Wildman–Crippen MR) is 111 cm³/mol. The molecular weight excluding hydrogens is 414 g/mol. The van der Waals surface area contributed by atoms with E-state index in [1.54, 1.807) is 13.1 Å². The summed E-state index contributed by atoms with van der Waals surface area (Å²) in [5.41, 5.74) is 3.82. The first kappa shape index (κ1) is 22.3. The molecule has 1 amide bonds. The van der Waals surface area contributed by atoms with Crippen LogP contribution in [0.25, 0.3) is 0 Å². The van der Waals surface area contributed by atoms with Crippen molar-refractivity contribution in [2.75, 3.05) is 20.1 Å². The summed E-state index contributed by atoms with van der Waals surface area (Å²) < 4.78 is 35.4. The summed E-state index contributed by atoms with van der Waals surface area (Å²) in [6, 6.07) is 8.83. The molecule has 3 rings (SSSR count). The van der Waals surface area contributed by atoms with Crippen LogP contribution in [0.15, 0.2) is 30.3 Å². The zero-order valence-electron chi connectivity index (χ0n) is 17.2. The number of amides is 1. The van der Waals surface area contributed by atoms with Gasteiger partial charge in [0.2, 0.25) is 5.91 Å². The van der Waals surface area contributed by atoms with Gasteiger partial charge in [0.1, 0.15) is 18.1 Å². The molecule has 0 saturated carbocycles. The average molecular weight is 439 g/mol. The molecule has 0 aromatic heterocycles. The van der Waals surface area contributed by atoms with Gasteiger partial charge in [-0.2, -0.15) is 8.78 Å². The van der Waals surface area contributed by atoms with Gasteiger partial charge in [0.05, 0.1) is 10.9 Å². The van der Waals surface area contributed by atoms with E-state index in [1.807, 2.05) is 13.8 Å². The molecule has 1 N–H and O–H groups in total. The molecule has 8 heteroatoms. The van der Waals surface area contributed by atoms with Crippen LogP contribution in [-0.4, -0.2) is 37.6 Å². The predicted octanol–water partition coefficient (Wildman–Crippen LogP) is 4.32. The Bertz CT molecular complexity index is 894. The Morgan fingerprint density at radius 3 is 2.47 bits per heavy atom. The summed E-state index contributed by atoms with van der Waals surface area (Å²) in [5, 5.41) is 2.81. The van der Waals surface area contributed by atoms with E-state index in [1.165, 1.54) is 12.1 Å². The van der Waals surface area contributed by atoms with Crippen LogP contribution in [0.4, 0.5) is 8.78 Å². The standard InChI is InChI=1S/C22H25ClF2N2O3/c1-13-6-16(9-27-10-17(11-27)21(28)26-3)7-14(2)20(13)29-12-15-4-5-18(23)19(8-15)30-22(24)25/h4-8,17,22H,9-12H2,1-3H3,(H,26,28). The minimum atomic E-state index is -2.94. The minimum Gasteiger partial charge on any atom is -0.488 e. The van der Waals surface area contributed by atoms with Gasteiger partial charge in [0.25, 0.3) is 0 Å². The lowest BCUT2D eigenvalue weighted by Gasteiger charge is -2.38. The molecule has 162 valence electrons. The molecule has 0 aliphatic carbocycles. The number of hydrogen-bond donors (Lipinski definition) is 1. The molecule has 1 saturated heterocycles. The molecular formula is C22H25ClF2N2O3. The third-order valence-corrected chi connectivity index (χ3v) is 5.41. The summed E-state index contributed by atoms with van der Waals surface area (Å²) >= 11 is 5.89. The van der Waals surface area contributed by atoms with E-state index in [0.29, 0.717) is 5.56 Å². The molecule has 0 atom stereocenters. The summed E-state index contributed by atoms with van der Waals surface area (Å²) in [6.07, 6.45) is 0. The number of hydrogen-bond acceptors (Lipinski definition) is 4. The highest BCUT2D eigenvalue weighted by Crippen LogP contribution is 2.30. The van der Waals surface area contributed by atoms with Gasteiger partial charge in [-0.15, -0.1) is 0 Å². The first-order valence-corrected chi connectivity index (χ1v) is 10.0. The fourth-order valence-electron chi connectivity index (χ4n) is 3.67. The largest absolute Gasteiger partial charge is 0.488 e. The summed E-state index contributed by atoms with van der Waals surface area (Å²) in [7, 11) is 1.66. The smallest absolute Gasteiger partial charge is 0.387 e.